The lowest BCUT2D eigenvalue weighted by Crippen LogP contribution is -2.27. The third-order valence-corrected chi connectivity index (χ3v) is 2.54. The van der Waals surface area contributed by atoms with Gasteiger partial charge in [-0.25, -0.2) is 0 Å². The van der Waals surface area contributed by atoms with E-state index in [9.17, 15) is 9.59 Å². The Morgan fingerprint density at radius 3 is 2.60 bits per heavy atom. The van der Waals surface area contributed by atoms with Gasteiger partial charge in [-0.15, -0.1) is 0 Å². The maximum Gasteiger partial charge on any atom is 0.307 e. The fraction of sp³-hybridized carbons (Fsp3) is 0.467. The van der Waals surface area contributed by atoms with Crippen LogP contribution < -0.4 is 10.6 Å². The molecule has 0 spiro atoms. The van der Waals surface area contributed by atoms with Gasteiger partial charge < -0.3 is 15.4 Å². The van der Waals surface area contributed by atoms with E-state index in [0.717, 1.165) is 5.69 Å². The predicted octanol–water partition coefficient (Wildman–Crippen LogP) is 2.19. The lowest BCUT2D eigenvalue weighted by atomic mass is 10.1. The molecule has 0 aliphatic carbocycles. The van der Waals surface area contributed by atoms with Gasteiger partial charge in [-0.1, -0.05) is 12.1 Å². The molecule has 1 aromatic carbocycles. The molecule has 0 saturated carbocycles. The van der Waals surface area contributed by atoms with Crippen molar-refractivity contribution in [1.29, 1.82) is 0 Å². The van der Waals surface area contributed by atoms with E-state index in [2.05, 4.69) is 10.6 Å². The van der Waals surface area contributed by atoms with Crippen molar-refractivity contribution < 1.29 is 14.3 Å². The summed E-state index contributed by atoms with van der Waals surface area (Å²) in [5, 5.41) is 5.94. The Morgan fingerprint density at radius 2 is 1.95 bits per heavy atom. The van der Waals surface area contributed by atoms with Crippen LogP contribution in [0.4, 0.5) is 5.69 Å². The Labute approximate surface area is 119 Å². The summed E-state index contributed by atoms with van der Waals surface area (Å²) in [6.07, 6.45) is 0.180. The van der Waals surface area contributed by atoms with Crippen LogP contribution in [0.15, 0.2) is 24.3 Å². The lowest BCUT2D eigenvalue weighted by Gasteiger charge is -2.14. The van der Waals surface area contributed by atoms with Gasteiger partial charge >= 0.3 is 5.97 Å². The van der Waals surface area contributed by atoms with Gasteiger partial charge in [0.15, 0.2) is 0 Å². The molecular weight excluding hydrogens is 256 g/mol. The molecule has 1 rings (SSSR count). The number of amides is 1. The van der Waals surface area contributed by atoms with Crippen molar-refractivity contribution >= 4 is 17.6 Å². The van der Waals surface area contributed by atoms with Gasteiger partial charge in [0.2, 0.25) is 0 Å². The summed E-state index contributed by atoms with van der Waals surface area (Å²) in [5.74, 6) is -0.501. The van der Waals surface area contributed by atoms with Crippen molar-refractivity contribution in [2.75, 3.05) is 18.5 Å². The number of rotatable bonds is 7. The molecule has 1 aromatic rings. The molecule has 0 saturated heterocycles. The minimum Gasteiger partial charge on any atom is -0.466 e. The Hall–Kier alpha value is -2.04. The molecule has 0 aromatic heterocycles. The largest absolute Gasteiger partial charge is 0.466 e. The van der Waals surface area contributed by atoms with E-state index in [1.165, 1.54) is 0 Å². The predicted molar refractivity (Wildman–Crippen MR) is 78.8 cm³/mol. The number of ether oxygens (including phenoxy) is 1. The molecule has 5 heteroatoms. The van der Waals surface area contributed by atoms with Crippen LogP contribution in [-0.2, 0) is 9.53 Å². The van der Waals surface area contributed by atoms with Crippen LogP contribution in [0.25, 0.3) is 0 Å². The second-order valence-corrected chi connectivity index (χ2v) is 4.66. The lowest BCUT2D eigenvalue weighted by molar-refractivity contribution is -0.142. The molecule has 110 valence electrons. The second kappa shape index (κ2) is 8.19. The number of para-hydroxylation sites is 1. The van der Waals surface area contributed by atoms with Crippen LogP contribution >= 0.6 is 0 Å². The Kier molecular flexibility index (Phi) is 6.56. The smallest absolute Gasteiger partial charge is 0.307 e. The molecule has 0 unspecified atom stereocenters. The number of hydrogen-bond acceptors (Lipinski definition) is 4. The van der Waals surface area contributed by atoms with Crippen molar-refractivity contribution in [2.24, 2.45) is 0 Å². The number of nitrogens with one attached hydrogen (secondary N) is 2. The molecule has 5 nitrogen and oxygen atoms in total. The summed E-state index contributed by atoms with van der Waals surface area (Å²) in [7, 11) is 0. The molecule has 0 bridgehead atoms. The van der Waals surface area contributed by atoms with Gasteiger partial charge in [-0.3, -0.25) is 9.59 Å². The third kappa shape index (κ3) is 5.30. The van der Waals surface area contributed by atoms with E-state index in [1.54, 1.807) is 13.0 Å². The van der Waals surface area contributed by atoms with Gasteiger partial charge in [-0.05, 0) is 32.9 Å². The van der Waals surface area contributed by atoms with Crippen molar-refractivity contribution in [1.82, 2.24) is 5.32 Å². The molecule has 20 heavy (non-hydrogen) atoms. The summed E-state index contributed by atoms with van der Waals surface area (Å²) in [6, 6.07) is 7.54. The zero-order valence-electron chi connectivity index (χ0n) is 12.2. The number of hydrogen-bond donors (Lipinski definition) is 2. The first-order chi connectivity index (χ1) is 9.54. The van der Waals surface area contributed by atoms with E-state index >= 15 is 0 Å². The topological polar surface area (TPSA) is 67.4 Å². The highest BCUT2D eigenvalue weighted by Crippen LogP contribution is 2.15. The maximum atomic E-state index is 12.1. The maximum absolute atomic E-state index is 12.1. The highest BCUT2D eigenvalue weighted by atomic mass is 16.5. The van der Waals surface area contributed by atoms with E-state index in [0.29, 0.717) is 12.2 Å². The first kappa shape index (κ1) is 16.0. The molecule has 0 heterocycles. The summed E-state index contributed by atoms with van der Waals surface area (Å²) in [4.78, 5) is 23.3. The zero-order chi connectivity index (χ0) is 15.0. The molecule has 0 aliphatic heterocycles. The van der Waals surface area contributed by atoms with Crippen molar-refractivity contribution in [2.45, 2.75) is 33.2 Å². The summed E-state index contributed by atoms with van der Waals surface area (Å²) in [5.41, 5.74) is 1.36. The average molecular weight is 278 g/mol. The average Bonchev–Trinajstić information content (AvgIpc) is 2.38. The molecule has 1 amide bonds. The SMILES string of the molecule is CCOC(=O)CCNC(=O)c1ccccc1NC(C)C. The van der Waals surface area contributed by atoms with E-state index in [-0.39, 0.29) is 30.9 Å². The van der Waals surface area contributed by atoms with Crippen LogP contribution in [0.5, 0.6) is 0 Å². The highest BCUT2D eigenvalue weighted by molar-refractivity contribution is 5.99. The molecule has 2 N–H and O–H groups in total. The van der Waals surface area contributed by atoms with E-state index in [1.807, 2.05) is 32.0 Å². The summed E-state index contributed by atoms with van der Waals surface area (Å²) >= 11 is 0. The Balaban J connectivity index is 2.57. The van der Waals surface area contributed by atoms with E-state index < -0.39 is 0 Å². The number of anilines is 1. The molecule has 0 fully saturated rings. The van der Waals surface area contributed by atoms with Crippen LogP contribution in [0.2, 0.25) is 0 Å². The standard InChI is InChI=1S/C15H22N2O3/c1-4-20-14(18)9-10-16-15(19)12-7-5-6-8-13(12)17-11(2)3/h5-8,11,17H,4,9-10H2,1-3H3,(H,16,19). The fourth-order valence-electron chi connectivity index (χ4n) is 1.72. The van der Waals surface area contributed by atoms with E-state index in [4.69, 9.17) is 4.74 Å². The Morgan fingerprint density at radius 1 is 1.25 bits per heavy atom. The van der Waals surface area contributed by atoms with Crippen LogP contribution in [0, 0.1) is 0 Å². The molecule has 0 atom stereocenters. The van der Waals surface area contributed by atoms with Gasteiger partial charge in [0.25, 0.3) is 5.91 Å². The number of esters is 1. The first-order valence-electron chi connectivity index (χ1n) is 6.84. The quantitative estimate of drug-likeness (QED) is 0.750. The van der Waals surface area contributed by atoms with Gasteiger partial charge in [0.05, 0.1) is 18.6 Å². The first-order valence-corrected chi connectivity index (χ1v) is 6.84. The minimum atomic E-state index is -0.304. The minimum absolute atomic E-state index is 0.180. The van der Waals surface area contributed by atoms with Gasteiger partial charge in [-0.2, -0.15) is 0 Å². The number of carbonyl (C=O) groups excluding carboxylic acids is 2. The van der Waals surface area contributed by atoms with Gasteiger partial charge in [0.1, 0.15) is 0 Å². The highest BCUT2D eigenvalue weighted by Gasteiger charge is 2.11. The van der Waals surface area contributed by atoms with Crippen molar-refractivity contribution in [3.05, 3.63) is 29.8 Å². The zero-order valence-corrected chi connectivity index (χ0v) is 12.2. The van der Waals surface area contributed by atoms with Crippen LogP contribution in [0.3, 0.4) is 0 Å². The summed E-state index contributed by atoms with van der Waals surface area (Å²) in [6.45, 7) is 6.40. The molecule has 0 aliphatic rings. The second-order valence-electron chi connectivity index (χ2n) is 4.66. The molecular formula is C15H22N2O3. The summed E-state index contributed by atoms with van der Waals surface area (Å²) < 4.78 is 4.80. The third-order valence-electron chi connectivity index (χ3n) is 2.54. The normalized spacial score (nSPS) is 10.2. The number of benzene rings is 1. The van der Waals surface area contributed by atoms with Crippen LogP contribution in [-0.4, -0.2) is 31.1 Å². The van der Waals surface area contributed by atoms with Crippen LogP contribution in [0.1, 0.15) is 37.6 Å². The Bertz CT molecular complexity index is 458. The van der Waals surface area contributed by atoms with Crippen molar-refractivity contribution in [3.8, 4) is 0 Å². The monoisotopic (exact) mass is 278 g/mol. The van der Waals surface area contributed by atoms with Gasteiger partial charge in [0, 0.05) is 18.3 Å². The molecule has 0 radical (unpaired) electrons. The van der Waals surface area contributed by atoms with Crippen molar-refractivity contribution in [3.63, 3.8) is 0 Å². The fourth-order valence-corrected chi connectivity index (χ4v) is 1.72. The number of carbonyl (C=O) groups is 2.